The Balaban J connectivity index is 1.72. The van der Waals surface area contributed by atoms with Gasteiger partial charge in [-0.05, 0) is 40.0 Å². The Morgan fingerprint density at radius 2 is 2.06 bits per heavy atom. The van der Waals surface area contributed by atoms with Gasteiger partial charge in [-0.3, -0.25) is 0 Å². The van der Waals surface area contributed by atoms with Gasteiger partial charge >= 0.3 is 0 Å². The lowest BCUT2D eigenvalue weighted by atomic mass is 9.63. The van der Waals surface area contributed by atoms with Crippen LogP contribution in [-0.4, -0.2) is 24.4 Å². The molecule has 2 heterocycles. The van der Waals surface area contributed by atoms with E-state index in [1.54, 1.807) is 0 Å². The maximum absolute atomic E-state index is 6.07. The minimum absolute atomic E-state index is 0.0723. The van der Waals surface area contributed by atoms with Gasteiger partial charge in [-0.15, -0.1) is 0 Å². The third kappa shape index (κ3) is 1.94. The molecule has 0 bridgehead atoms. The topological polar surface area (TPSA) is 21.8 Å². The smallest absolute Gasteiger partial charge is 0.0972 e. The van der Waals surface area contributed by atoms with Gasteiger partial charge in [-0.2, -0.15) is 0 Å². The second kappa shape index (κ2) is 4.35. The zero-order valence-corrected chi connectivity index (χ0v) is 12.0. The fourth-order valence-electron chi connectivity index (χ4n) is 3.99. The number of hydrogen-bond acceptors (Lipinski definition) is 2. The van der Waals surface area contributed by atoms with E-state index in [4.69, 9.17) is 9.47 Å². The van der Waals surface area contributed by atoms with E-state index in [0.717, 1.165) is 13.2 Å². The molecule has 0 amide bonds. The number of rotatable bonds is 3. The Kier molecular flexibility index (Phi) is 3.06. The molecule has 1 aliphatic carbocycles. The normalized spacial score (nSPS) is 46.6. The number of hydrogen-bond donors (Lipinski definition) is 0. The Hall–Kier alpha value is -0.340. The third-order valence-electron chi connectivity index (χ3n) is 5.40. The molecule has 2 unspecified atom stereocenters. The highest BCUT2D eigenvalue weighted by Crippen LogP contribution is 2.56. The second-order valence-electron chi connectivity index (χ2n) is 6.86. The van der Waals surface area contributed by atoms with Gasteiger partial charge in [0.1, 0.15) is 0 Å². The summed E-state index contributed by atoms with van der Waals surface area (Å²) in [5, 5.41) is 0. The average molecular weight is 250 g/mol. The largest absolute Gasteiger partial charge is 0.374 e. The molecule has 18 heavy (non-hydrogen) atoms. The molecular formula is C16H26O2. The lowest BCUT2D eigenvalue weighted by molar-refractivity contribution is -0.237. The van der Waals surface area contributed by atoms with Gasteiger partial charge in [0.2, 0.25) is 0 Å². The molecule has 2 saturated heterocycles. The van der Waals surface area contributed by atoms with Crippen molar-refractivity contribution >= 4 is 0 Å². The summed E-state index contributed by atoms with van der Waals surface area (Å²) in [4.78, 5) is 0. The first-order valence-electron chi connectivity index (χ1n) is 7.48. The van der Waals surface area contributed by atoms with Gasteiger partial charge in [0, 0.05) is 11.8 Å². The van der Waals surface area contributed by atoms with Crippen molar-refractivity contribution in [1.82, 2.24) is 0 Å². The SMILES string of the molecule is CC(C)=CCC1CO[C@]1(C)C1CCCC[C@]12CO2. The third-order valence-corrected chi connectivity index (χ3v) is 5.40. The predicted molar refractivity (Wildman–Crippen MR) is 72.5 cm³/mol. The Morgan fingerprint density at radius 1 is 1.28 bits per heavy atom. The first kappa shape index (κ1) is 12.7. The Labute approximate surface area is 111 Å². The summed E-state index contributed by atoms with van der Waals surface area (Å²) in [5.41, 5.74) is 1.70. The molecule has 2 nitrogen and oxygen atoms in total. The molecule has 3 fully saturated rings. The maximum Gasteiger partial charge on any atom is 0.0972 e. The highest BCUT2D eigenvalue weighted by Gasteiger charge is 2.63. The summed E-state index contributed by atoms with van der Waals surface area (Å²) < 4.78 is 11.9. The van der Waals surface area contributed by atoms with Gasteiger partial charge < -0.3 is 9.47 Å². The van der Waals surface area contributed by atoms with Crippen molar-refractivity contribution < 1.29 is 9.47 Å². The zero-order chi connectivity index (χ0) is 12.8. The van der Waals surface area contributed by atoms with Crippen LogP contribution in [0.3, 0.4) is 0 Å². The van der Waals surface area contributed by atoms with E-state index >= 15 is 0 Å². The van der Waals surface area contributed by atoms with E-state index in [9.17, 15) is 0 Å². The molecule has 1 spiro atoms. The van der Waals surface area contributed by atoms with Crippen LogP contribution in [0.2, 0.25) is 0 Å². The molecule has 0 aromatic carbocycles. The van der Waals surface area contributed by atoms with Crippen LogP contribution in [0, 0.1) is 11.8 Å². The van der Waals surface area contributed by atoms with Crippen LogP contribution < -0.4 is 0 Å². The standard InChI is InChI=1S/C16H26O2/c1-12(2)7-8-13-10-17-15(13,3)14-6-4-5-9-16(14)11-18-16/h7,13-14H,4-6,8-11H2,1-3H3/t13?,14?,15-,16-/m0/s1. The highest BCUT2D eigenvalue weighted by atomic mass is 16.6. The molecule has 0 N–H and O–H groups in total. The first-order valence-corrected chi connectivity index (χ1v) is 7.48. The van der Waals surface area contributed by atoms with Gasteiger partial charge in [0.15, 0.2) is 0 Å². The summed E-state index contributed by atoms with van der Waals surface area (Å²) in [7, 11) is 0. The van der Waals surface area contributed by atoms with Crippen LogP contribution in [0.1, 0.15) is 52.9 Å². The van der Waals surface area contributed by atoms with E-state index in [-0.39, 0.29) is 11.2 Å². The van der Waals surface area contributed by atoms with Crippen LogP contribution in [0.25, 0.3) is 0 Å². The summed E-state index contributed by atoms with van der Waals surface area (Å²) in [5.74, 6) is 1.32. The van der Waals surface area contributed by atoms with Crippen molar-refractivity contribution in [3.63, 3.8) is 0 Å². The number of epoxide rings is 1. The second-order valence-corrected chi connectivity index (χ2v) is 6.86. The summed E-state index contributed by atoms with van der Waals surface area (Å²) in [6, 6.07) is 0. The van der Waals surface area contributed by atoms with Crippen molar-refractivity contribution in [2.75, 3.05) is 13.2 Å². The van der Waals surface area contributed by atoms with Crippen molar-refractivity contribution in [2.45, 2.75) is 64.1 Å². The first-order chi connectivity index (χ1) is 8.57. The zero-order valence-electron chi connectivity index (χ0n) is 12.0. The summed E-state index contributed by atoms with van der Waals surface area (Å²) in [6.45, 7) is 8.62. The summed E-state index contributed by atoms with van der Waals surface area (Å²) >= 11 is 0. The van der Waals surface area contributed by atoms with Gasteiger partial charge in [-0.25, -0.2) is 0 Å². The van der Waals surface area contributed by atoms with E-state index in [2.05, 4.69) is 26.8 Å². The van der Waals surface area contributed by atoms with Crippen LogP contribution in [0.5, 0.6) is 0 Å². The molecular weight excluding hydrogens is 224 g/mol. The molecule has 0 aromatic rings. The van der Waals surface area contributed by atoms with Crippen molar-refractivity contribution in [2.24, 2.45) is 11.8 Å². The van der Waals surface area contributed by atoms with Gasteiger partial charge in [-0.1, -0.05) is 24.5 Å². The number of allylic oxidation sites excluding steroid dienone is 2. The van der Waals surface area contributed by atoms with E-state index in [1.807, 2.05) is 0 Å². The van der Waals surface area contributed by atoms with Crippen LogP contribution >= 0.6 is 0 Å². The van der Waals surface area contributed by atoms with E-state index in [1.165, 1.54) is 37.7 Å². The summed E-state index contributed by atoms with van der Waals surface area (Å²) in [6.07, 6.45) is 8.78. The van der Waals surface area contributed by atoms with Gasteiger partial charge in [0.05, 0.1) is 24.4 Å². The Bertz CT molecular complexity index is 352. The van der Waals surface area contributed by atoms with E-state index in [0.29, 0.717) is 11.8 Å². The molecule has 3 aliphatic rings. The predicted octanol–water partition coefficient (Wildman–Crippen LogP) is 3.71. The molecule has 0 radical (unpaired) electrons. The molecule has 2 aliphatic heterocycles. The minimum Gasteiger partial charge on any atom is -0.374 e. The molecule has 1 saturated carbocycles. The minimum atomic E-state index is 0.0723. The van der Waals surface area contributed by atoms with Crippen molar-refractivity contribution in [3.05, 3.63) is 11.6 Å². The van der Waals surface area contributed by atoms with Crippen molar-refractivity contribution in [1.29, 1.82) is 0 Å². The van der Waals surface area contributed by atoms with Gasteiger partial charge in [0.25, 0.3) is 0 Å². The maximum atomic E-state index is 6.07. The van der Waals surface area contributed by atoms with Crippen molar-refractivity contribution in [3.8, 4) is 0 Å². The Morgan fingerprint density at radius 3 is 2.61 bits per heavy atom. The average Bonchev–Trinajstić information content (AvgIpc) is 3.07. The molecule has 102 valence electrons. The van der Waals surface area contributed by atoms with Crippen LogP contribution in [-0.2, 0) is 9.47 Å². The lowest BCUT2D eigenvalue weighted by Crippen LogP contribution is -2.60. The lowest BCUT2D eigenvalue weighted by Gasteiger charge is -2.54. The highest BCUT2D eigenvalue weighted by molar-refractivity contribution is 5.13. The molecule has 3 rings (SSSR count). The van der Waals surface area contributed by atoms with Crippen LogP contribution in [0.4, 0.5) is 0 Å². The quantitative estimate of drug-likeness (QED) is 0.562. The fourth-order valence-corrected chi connectivity index (χ4v) is 3.99. The fraction of sp³-hybridized carbons (Fsp3) is 0.875. The molecule has 0 aromatic heterocycles. The monoisotopic (exact) mass is 250 g/mol. The molecule has 4 atom stereocenters. The number of ether oxygens (including phenoxy) is 2. The van der Waals surface area contributed by atoms with E-state index < -0.39 is 0 Å². The van der Waals surface area contributed by atoms with Crippen LogP contribution in [0.15, 0.2) is 11.6 Å². The molecule has 2 heteroatoms.